The molecule has 0 bridgehead atoms. The van der Waals surface area contributed by atoms with Crippen LogP contribution in [0, 0.1) is 0 Å². The number of primary amides is 1. The van der Waals surface area contributed by atoms with Gasteiger partial charge in [-0.15, -0.1) is 0 Å². The Morgan fingerprint density at radius 3 is 2.83 bits per heavy atom. The highest BCUT2D eigenvalue weighted by Gasteiger charge is 2.30. The number of rotatable bonds is 4. The number of hydrogen-bond acceptors (Lipinski definition) is 2. The number of carboxylic acid groups (broad SMARTS) is 1. The van der Waals surface area contributed by atoms with Gasteiger partial charge in [-0.05, 0) is 37.3 Å². The molecule has 0 saturated carbocycles. The largest absolute Gasteiger partial charge is 0.480 e. The zero-order valence-electron chi connectivity index (χ0n) is 13.1. The Morgan fingerprint density at radius 1 is 1.43 bits per heavy atom. The fourth-order valence-corrected chi connectivity index (χ4v) is 3.69. The summed E-state index contributed by atoms with van der Waals surface area (Å²) in [7, 11) is 0. The van der Waals surface area contributed by atoms with Crippen molar-refractivity contribution in [1.29, 1.82) is 0 Å². The minimum atomic E-state index is -0.812. The molecule has 0 radical (unpaired) electrons. The lowest BCUT2D eigenvalue weighted by Crippen LogP contribution is -2.42. The molecule has 1 aliphatic rings. The number of carbonyl (C=O) groups excluding carboxylic acids is 1. The Morgan fingerprint density at radius 2 is 2.17 bits per heavy atom. The number of hydrogen-bond donors (Lipinski definition) is 3. The SMILES string of the molecule is CCC(C(=O)O)n1c2c(c3ccccc31)CC(NC(N)=O)CC2. The van der Waals surface area contributed by atoms with Gasteiger partial charge in [-0.25, -0.2) is 9.59 Å². The highest BCUT2D eigenvalue weighted by atomic mass is 16.4. The molecule has 0 fully saturated rings. The summed E-state index contributed by atoms with van der Waals surface area (Å²) >= 11 is 0. The van der Waals surface area contributed by atoms with Crippen molar-refractivity contribution < 1.29 is 14.7 Å². The lowest BCUT2D eigenvalue weighted by molar-refractivity contribution is -0.140. The van der Waals surface area contributed by atoms with Crippen LogP contribution in [0.3, 0.4) is 0 Å². The Kier molecular flexibility index (Phi) is 3.98. The zero-order chi connectivity index (χ0) is 16.6. The monoisotopic (exact) mass is 315 g/mol. The van der Waals surface area contributed by atoms with E-state index in [1.54, 1.807) is 0 Å². The molecule has 1 aromatic carbocycles. The Labute approximate surface area is 134 Å². The molecule has 2 aromatic rings. The molecule has 2 atom stereocenters. The van der Waals surface area contributed by atoms with E-state index in [1.165, 1.54) is 0 Å². The Hall–Kier alpha value is -2.50. The molecule has 4 N–H and O–H groups in total. The maximum atomic E-state index is 11.7. The predicted molar refractivity (Wildman–Crippen MR) is 87.4 cm³/mol. The predicted octanol–water partition coefficient (Wildman–Crippen LogP) is 2.20. The number of para-hydroxylation sites is 1. The second-order valence-corrected chi connectivity index (χ2v) is 6.02. The van der Waals surface area contributed by atoms with Crippen molar-refractivity contribution in [2.75, 3.05) is 0 Å². The standard InChI is InChI=1S/C17H21N3O3/c1-2-13(16(21)22)20-14-6-4-3-5-11(14)12-9-10(19-17(18)23)7-8-15(12)20/h3-6,10,13H,2,7-9H2,1H3,(H,21,22)(H3,18,19,23). The van der Waals surface area contributed by atoms with E-state index in [0.29, 0.717) is 12.8 Å². The molecule has 0 saturated heterocycles. The van der Waals surface area contributed by atoms with Gasteiger partial charge in [0.25, 0.3) is 0 Å². The summed E-state index contributed by atoms with van der Waals surface area (Å²) in [5, 5.41) is 13.4. The number of fused-ring (bicyclic) bond motifs is 3. The van der Waals surface area contributed by atoms with Gasteiger partial charge in [0.2, 0.25) is 0 Å². The van der Waals surface area contributed by atoms with Crippen LogP contribution in [-0.4, -0.2) is 27.7 Å². The van der Waals surface area contributed by atoms with E-state index in [0.717, 1.165) is 35.0 Å². The van der Waals surface area contributed by atoms with Gasteiger partial charge in [0.15, 0.2) is 0 Å². The molecule has 122 valence electrons. The first-order valence-corrected chi connectivity index (χ1v) is 7.92. The fourth-order valence-electron chi connectivity index (χ4n) is 3.69. The van der Waals surface area contributed by atoms with Crippen molar-refractivity contribution in [1.82, 2.24) is 9.88 Å². The van der Waals surface area contributed by atoms with Gasteiger partial charge in [-0.3, -0.25) is 0 Å². The number of amides is 2. The highest BCUT2D eigenvalue weighted by Crippen LogP contribution is 2.35. The smallest absolute Gasteiger partial charge is 0.326 e. The topological polar surface area (TPSA) is 97.3 Å². The number of benzene rings is 1. The number of carbonyl (C=O) groups is 2. The number of nitrogens with zero attached hydrogens (tertiary/aromatic N) is 1. The molecule has 0 aliphatic heterocycles. The summed E-state index contributed by atoms with van der Waals surface area (Å²) in [5.74, 6) is -0.812. The van der Waals surface area contributed by atoms with Gasteiger partial charge in [0, 0.05) is 22.6 Å². The van der Waals surface area contributed by atoms with E-state index in [-0.39, 0.29) is 6.04 Å². The maximum Gasteiger partial charge on any atom is 0.326 e. The summed E-state index contributed by atoms with van der Waals surface area (Å²) in [4.78, 5) is 22.8. The lowest BCUT2D eigenvalue weighted by atomic mass is 9.91. The molecule has 23 heavy (non-hydrogen) atoms. The van der Waals surface area contributed by atoms with Crippen molar-refractivity contribution in [2.24, 2.45) is 5.73 Å². The third kappa shape index (κ3) is 2.65. The molecule has 2 amide bonds. The van der Waals surface area contributed by atoms with Gasteiger partial charge >= 0.3 is 12.0 Å². The summed E-state index contributed by atoms with van der Waals surface area (Å²) in [6.07, 6.45) is 2.71. The first kappa shape index (κ1) is 15.4. The van der Waals surface area contributed by atoms with Crippen molar-refractivity contribution in [3.8, 4) is 0 Å². The number of carboxylic acids is 1. The third-order valence-corrected chi connectivity index (χ3v) is 4.64. The molecule has 6 heteroatoms. The number of urea groups is 1. The van der Waals surface area contributed by atoms with Crippen LogP contribution < -0.4 is 11.1 Å². The average Bonchev–Trinajstić information content (AvgIpc) is 2.82. The van der Waals surface area contributed by atoms with Crippen LogP contribution in [0.2, 0.25) is 0 Å². The molecule has 6 nitrogen and oxygen atoms in total. The summed E-state index contributed by atoms with van der Waals surface area (Å²) in [6, 6.07) is 6.80. The lowest BCUT2D eigenvalue weighted by Gasteiger charge is -2.26. The van der Waals surface area contributed by atoms with E-state index in [2.05, 4.69) is 5.32 Å². The number of nitrogens with two attached hydrogens (primary N) is 1. The molecule has 3 rings (SSSR count). The molecular weight excluding hydrogens is 294 g/mol. The number of nitrogens with one attached hydrogen (secondary N) is 1. The van der Waals surface area contributed by atoms with Crippen LogP contribution >= 0.6 is 0 Å². The van der Waals surface area contributed by atoms with E-state index in [9.17, 15) is 14.7 Å². The van der Waals surface area contributed by atoms with Crippen molar-refractivity contribution >= 4 is 22.9 Å². The quantitative estimate of drug-likeness (QED) is 0.806. The maximum absolute atomic E-state index is 11.7. The molecule has 0 spiro atoms. The highest BCUT2D eigenvalue weighted by molar-refractivity contribution is 5.88. The molecule has 1 heterocycles. The third-order valence-electron chi connectivity index (χ3n) is 4.64. The summed E-state index contributed by atoms with van der Waals surface area (Å²) in [6.45, 7) is 1.89. The molecule has 2 unspecified atom stereocenters. The minimum absolute atomic E-state index is 0.00385. The van der Waals surface area contributed by atoms with Gasteiger partial charge in [0.05, 0.1) is 0 Å². The number of aromatic nitrogens is 1. The van der Waals surface area contributed by atoms with E-state index in [1.807, 2.05) is 35.8 Å². The van der Waals surface area contributed by atoms with Gasteiger partial charge in [0.1, 0.15) is 6.04 Å². The molecular formula is C17H21N3O3. The van der Waals surface area contributed by atoms with E-state index < -0.39 is 18.0 Å². The van der Waals surface area contributed by atoms with E-state index in [4.69, 9.17) is 5.73 Å². The second-order valence-electron chi connectivity index (χ2n) is 6.02. The van der Waals surface area contributed by atoms with Crippen LogP contribution in [0.5, 0.6) is 0 Å². The van der Waals surface area contributed by atoms with Crippen LogP contribution in [0.15, 0.2) is 24.3 Å². The van der Waals surface area contributed by atoms with Crippen molar-refractivity contribution in [3.63, 3.8) is 0 Å². The Balaban J connectivity index is 2.13. The fraction of sp³-hybridized carbons (Fsp3) is 0.412. The van der Waals surface area contributed by atoms with Crippen molar-refractivity contribution in [2.45, 2.75) is 44.7 Å². The normalized spacial score (nSPS) is 18.4. The van der Waals surface area contributed by atoms with Gasteiger partial charge < -0.3 is 20.7 Å². The van der Waals surface area contributed by atoms with Crippen LogP contribution in [-0.2, 0) is 17.6 Å². The van der Waals surface area contributed by atoms with Gasteiger partial charge in [-0.1, -0.05) is 25.1 Å². The van der Waals surface area contributed by atoms with Crippen LogP contribution in [0.4, 0.5) is 4.79 Å². The second kappa shape index (κ2) is 5.95. The summed E-state index contributed by atoms with van der Waals surface area (Å²) in [5.41, 5.74) is 8.39. The Bertz CT molecular complexity index is 766. The zero-order valence-corrected chi connectivity index (χ0v) is 13.1. The van der Waals surface area contributed by atoms with Crippen LogP contribution in [0.25, 0.3) is 10.9 Å². The average molecular weight is 315 g/mol. The first-order chi connectivity index (χ1) is 11.0. The first-order valence-electron chi connectivity index (χ1n) is 7.92. The van der Waals surface area contributed by atoms with Gasteiger partial charge in [-0.2, -0.15) is 0 Å². The van der Waals surface area contributed by atoms with E-state index >= 15 is 0 Å². The molecule has 1 aliphatic carbocycles. The minimum Gasteiger partial charge on any atom is -0.480 e. The van der Waals surface area contributed by atoms with Crippen LogP contribution in [0.1, 0.15) is 37.1 Å². The van der Waals surface area contributed by atoms with Crippen molar-refractivity contribution in [3.05, 3.63) is 35.5 Å². The summed E-state index contributed by atoms with van der Waals surface area (Å²) < 4.78 is 1.97. The number of aliphatic carboxylic acids is 1. The molecule has 1 aromatic heterocycles.